The topological polar surface area (TPSA) is 184 Å². The molecule has 2 rings (SSSR count). The summed E-state index contributed by atoms with van der Waals surface area (Å²) in [7, 11) is 0. The number of H-pyrrole nitrogens is 1. The van der Waals surface area contributed by atoms with Crippen molar-refractivity contribution in [2.75, 3.05) is 6.54 Å². The summed E-state index contributed by atoms with van der Waals surface area (Å²) in [6.45, 7) is 0.304. The van der Waals surface area contributed by atoms with E-state index in [1.54, 1.807) is 0 Å². The molecule has 1 aliphatic rings. The van der Waals surface area contributed by atoms with Gasteiger partial charge in [-0.15, -0.1) is 0 Å². The molecule has 0 saturated carbocycles. The molecule has 0 spiro atoms. The van der Waals surface area contributed by atoms with E-state index in [0.717, 1.165) is 0 Å². The number of amides is 3. The molecule has 0 bridgehead atoms. The first-order chi connectivity index (χ1) is 12.8. The molecule has 0 aromatic carbocycles. The normalized spacial score (nSPS) is 18.7. The SMILES string of the molecule is NC(=O)CCC(N)C(=O)NC(Cc1cnc[nH]1)C(=O)N1CCCC1C(=O)O. The highest BCUT2D eigenvalue weighted by Crippen LogP contribution is 2.19. The smallest absolute Gasteiger partial charge is 0.326 e. The van der Waals surface area contributed by atoms with Crippen LogP contribution in [-0.2, 0) is 25.6 Å². The molecule has 7 N–H and O–H groups in total. The molecule has 27 heavy (non-hydrogen) atoms. The van der Waals surface area contributed by atoms with Crippen molar-refractivity contribution < 1.29 is 24.3 Å². The second-order valence-electron chi connectivity index (χ2n) is 6.48. The largest absolute Gasteiger partial charge is 0.480 e. The van der Waals surface area contributed by atoms with Crippen molar-refractivity contribution in [3.8, 4) is 0 Å². The molecule has 11 nitrogen and oxygen atoms in total. The van der Waals surface area contributed by atoms with E-state index in [1.165, 1.54) is 17.4 Å². The van der Waals surface area contributed by atoms with E-state index < -0.39 is 41.8 Å². The fourth-order valence-electron chi connectivity index (χ4n) is 3.01. The van der Waals surface area contributed by atoms with Crippen molar-refractivity contribution in [1.82, 2.24) is 20.2 Å². The van der Waals surface area contributed by atoms with Crippen molar-refractivity contribution >= 4 is 23.7 Å². The molecule has 3 amide bonds. The number of imidazole rings is 1. The van der Waals surface area contributed by atoms with Crippen molar-refractivity contribution in [2.24, 2.45) is 11.5 Å². The number of aromatic amines is 1. The fraction of sp³-hybridized carbons (Fsp3) is 0.562. The number of aromatic nitrogens is 2. The van der Waals surface area contributed by atoms with Gasteiger partial charge in [0.05, 0.1) is 12.4 Å². The summed E-state index contributed by atoms with van der Waals surface area (Å²) >= 11 is 0. The van der Waals surface area contributed by atoms with Gasteiger partial charge in [-0.05, 0) is 19.3 Å². The highest BCUT2D eigenvalue weighted by molar-refractivity contribution is 5.92. The number of carbonyl (C=O) groups excluding carboxylic acids is 3. The van der Waals surface area contributed by atoms with E-state index in [1.807, 2.05) is 0 Å². The molecule has 11 heteroatoms. The molecule has 1 aromatic rings. The maximum Gasteiger partial charge on any atom is 0.326 e. The predicted molar refractivity (Wildman–Crippen MR) is 93.0 cm³/mol. The van der Waals surface area contributed by atoms with Crippen LogP contribution in [0.2, 0.25) is 0 Å². The molecule has 0 radical (unpaired) electrons. The van der Waals surface area contributed by atoms with Crippen LogP contribution in [0.5, 0.6) is 0 Å². The number of primary amides is 1. The minimum atomic E-state index is -1.08. The standard InChI is InChI=1S/C16H24N6O5/c17-10(3-4-13(18)23)14(24)21-11(6-9-7-19-8-20-9)15(25)22-5-1-2-12(22)16(26)27/h7-8,10-12H,1-6,17H2,(H2,18,23)(H,19,20)(H,21,24)(H,26,27). The maximum absolute atomic E-state index is 12.9. The highest BCUT2D eigenvalue weighted by atomic mass is 16.4. The van der Waals surface area contributed by atoms with Gasteiger partial charge in [-0.25, -0.2) is 9.78 Å². The van der Waals surface area contributed by atoms with Crippen LogP contribution < -0.4 is 16.8 Å². The number of carboxylic acid groups (broad SMARTS) is 1. The van der Waals surface area contributed by atoms with Crippen LogP contribution in [0.4, 0.5) is 0 Å². The van der Waals surface area contributed by atoms with E-state index >= 15 is 0 Å². The third kappa shape index (κ3) is 5.51. The van der Waals surface area contributed by atoms with Gasteiger partial charge in [0.15, 0.2) is 0 Å². The number of nitrogens with zero attached hydrogens (tertiary/aromatic N) is 2. The van der Waals surface area contributed by atoms with Crippen LogP contribution in [0.15, 0.2) is 12.5 Å². The summed E-state index contributed by atoms with van der Waals surface area (Å²) in [4.78, 5) is 55.4. The number of nitrogens with two attached hydrogens (primary N) is 2. The van der Waals surface area contributed by atoms with Gasteiger partial charge in [-0.1, -0.05) is 0 Å². The van der Waals surface area contributed by atoms with Crippen molar-refractivity contribution in [3.05, 3.63) is 18.2 Å². The Labute approximate surface area is 155 Å². The van der Waals surface area contributed by atoms with Crippen molar-refractivity contribution in [3.63, 3.8) is 0 Å². The molecule has 3 unspecified atom stereocenters. The summed E-state index contributed by atoms with van der Waals surface area (Å²) in [6, 6.07) is -2.93. The average molecular weight is 380 g/mol. The van der Waals surface area contributed by atoms with Gasteiger partial charge in [-0.2, -0.15) is 0 Å². The van der Waals surface area contributed by atoms with E-state index in [0.29, 0.717) is 25.1 Å². The highest BCUT2D eigenvalue weighted by Gasteiger charge is 2.38. The molecular weight excluding hydrogens is 356 g/mol. The third-order valence-electron chi connectivity index (χ3n) is 4.45. The second-order valence-corrected chi connectivity index (χ2v) is 6.48. The number of aliphatic carboxylic acids is 1. The Kier molecular flexibility index (Phi) is 6.88. The van der Waals surface area contributed by atoms with E-state index in [4.69, 9.17) is 11.5 Å². The van der Waals surface area contributed by atoms with E-state index in [-0.39, 0.29) is 19.3 Å². The fourth-order valence-corrected chi connectivity index (χ4v) is 3.01. The van der Waals surface area contributed by atoms with Gasteiger partial charge in [0.2, 0.25) is 17.7 Å². The lowest BCUT2D eigenvalue weighted by Crippen LogP contribution is -2.55. The Balaban J connectivity index is 2.11. The van der Waals surface area contributed by atoms with Crippen molar-refractivity contribution in [1.29, 1.82) is 0 Å². The van der Waals surface area contributed by atoms with Crippen LogP contribution >= 0.6 is 0 Å². The molecule has 1 aliphatic heterocycles. The zero-order valence-electron chi connectivity index (χ0n) is 14.8. The van der Waals surface area contributed by atoms with Gasteiger partial charge >= 0.3 is 5.97 Å². The summed E-state index contributed by atoms with van der Waals surface area (Å²) in [5, 5.41) is 11.9. The van der Waals surface area contributed by atoms with Gasteiger partial charge < -0.3 is 31.8 Å². The zero-order chi connectivity index (χ0) is 20.0. The van der Waals surface area contributed by atoms with E-state index in [9.17, 15) is 24.3 Å². The number of likely N-dealkylation sites (tertiary alicyclic amines) is 1. The Hall–Kier alpha value is -2.95. The van der Waals surface area contributed by atoms with Gasteiger partial charge in [0.1, 0.15) is 12.1 Å². The Morgan fingerprint density at radius 2 is 2.15 bits per heavy atom. The summed E-state index contributed by atoms with van der Waals surface area (Å²) in [5.74, 6) is -2.76. The number of hydrogen-bond acceptors (Lipinski definition) is 6. The molecule has 1 aromatic heterocycles. The number of nitrogens with one attached hydrogen (secondary N) is 2. The van der Waals surface area contributed by atoms with Gasteiger partial charge in [-0.3, -0.25) is 14.4 Å². The lowest BCUT2D eigenvalue weighted by molar-refractivity contribution is -0.149. The first kappa shape index (κ1) is 20.4. The first-order valence-corrected chi connectivity index (χ1v) is 8.64. The van der Waals surface area contributed by atoms with Gasteiger partial charge in [0.25, 0.3) is 0 Å². The maximum atomic E-state index is 12.9. The monoisotopic (exact) mass is 380 g/mol. The minimum absolute atomic E-state index is 0.0492. The molecule has 148 valence electrons. The molecular formula is C16H24N6O5. The quantitative estimate of drug-likeness (QED) is 0.331. The van der Waals surface area contributed by atoms with Crippen LogP contribution in [0, 0.1) is 0 Å². The molecule has 0 aliphatic carbocycles. The Morgan fingerprint density at radius 1 is 1.41 bits per heavy atom. The van der Waals surface area contributed by atoms with Crippen LogP contribution in [-0.4, -0.2) is 68.3 Å². The predicted octanol–water partition coefficient (Wildman–Crippen LogP) is -1.89. The van der Waals surface area contributed by atoms with Crippen LogP contribution in [0.25, 0.3) is 0 Å². The average Bonchev–Trinajstić information content (AvgIpc) is 3.29. The first-order valence-electron chi connectivity index (χ1n) is 8.64. The van der Waals surface area contributed by atoms with Gasteiger partial charge in [0, 0.05) is 31.3 Å². The third-order valence-corrected chi connectivity index (χ3v) is 4.45. The molecule has 2 heterocycles. The molecule has 1 saturated heterocycles. The number of carbonyl (C=O) groups is 4. The van der Waals surface area contributed by atoms with Crippen LogP contribution in [0.1, 0.15) is 31.4 Å². The van der Waals surface area contributed by atoms with Crippen LogP contribution in [0.3, 0.4) is 0 Å². The molecule has 1 fully saturated rings. The number of carboxylic acids is 1. The summed E-state index contributed by atoms with van der Waals surface area (Å²) in [6.07, 6.45) is 3.99. The van der Waals surface area contributed by atoms with E-state index in [2.05, 4.69) is 15.3 Å². The Morgan fingerprint density at radius 3 is 2.74 bits per heavy atom. The second kappa shape index (κ2) is 9.12. The zero-order valence-corrected chi connectivity index (χ0v) is 14.8. The lowest BCUT2D eigenvalue weighted by Gasteiger charge is -2.27. The van der Waals surface area contributed by atoms with Crippen molar-refractivity contribution in [2.45, 2.75) is 50.2 Å². The number of hydrogen-bond donors (Lipinski definition) is 5. The molecule has 3 atom stereocenters. The summed E-state index contributed by atoms with van der Waals surface area (Å²) in [5.41, 5.74) is 11.4. The number of rotatable bonds is 9. The summed E-state index contributed by atoms with van der Waals surface area (Å²) < 4.78 is 0. The Bertz CT molecular complexity index is 691. The lowest BCUT2D eigenvalue weighted by atomic mass is 10.1. The minimum Gasteiger partial charge on any atom is -0.480 e.